The van der Waals surface area contributed by atoms with E-state index in [1.165, 1.54) is 5.56 Å². The summed E-state index contributed by atoms with van der Waals surface area (Å²) >= 11 is 0. The third-order valence-electron chi connectivity index (χ3n) is 3.74. The van der Waals surface area contributed by atoms with Crippen LogP contribution in [0.15, 0.2) is 34.9 Å². The number of hydrogen-bond donors (Lipinski definition) is 1. The minimum atomic E-state index is 0.286. The summed E-state index contributed by atoms with van der Waals surface area (Å²) in [6.07, 6.45) is 5.05. The van der Waals surface area contributed by atoms with Crippen LogP contribution in [0.1, 0.15) is 30.2 Å². The Morgan fingerprint density at radius 1 is 1.15 bits per heavy atom. The second-order valence-electron chi connectivity index (χ2n) is 4.99. The number of ether oxygens (including phenoxy) is 2. The van der Waals surface area contributed by atoms with E-state index in [1.54, 1.807) is 20.5 Å². The summed E-state index contributed by atoms with van der Waals surface area (Å²) < 4.78 is 16.1. The van der Waals surface area contributed by atoms with Crippen LogP contribution in [0.5, 0.6) is 11.5 Å². The number of aryl methyl sites for hydroxylation is 1. The second-order valence-corrected chi connectivity index (χ2v) is 4.99. The lowest BCUT2D eigenvalue weighted by atomic mass is 9.93. The number of furan rings is 1. The zero-order valence-corrected chi connectivity index (χ0v) is 11.8. The molecule has 0 fully saturated rings. The van der Waals surface area contributed by atoms with Gasteiger partial charge in [-0.15, -0.1) is 0 Å². The maximum atomic E-state index is 5.52. The highest BCUT2D eigenvalue weighted by Crippen LogP contribution is 2.35. The van der Waals surface area contributed by atoms with Gasteiger partial charge in [-0.25, -0.2) is 0 Å². The van der Waals surface area contributed by atoms with Gasteiger partial charge in [-0.05, 0) is 18.9 Å². The first-order chi connectivity index (χ1) is 9.80. The first-order valence-corrected chi connectivity index (χ1v) is 6.86. The predicted octanol–water partition coefficient (Wildman–Crippen LogP) is 3.79. The van der Waals surface area contributed by atoms with Gasteiger partial charge in [0.2, 0.25) is 0 Å². The molecule has 0 bridgehead atoms. The molecule has 4 heteroatoms. The highest BCUT2D eigenvalue weighted by atomic mass is 16.5. The van der Waals surface area contributed by atoms with Crippen LogP contribution in [0, 0.1) is 0 Å². The fourth-order valence-corrected chi connectivity index (χ4v) is 2.73. The molecule has 0 aliphatic heterocycles. The van der Waals surface area contributed by atoms with E-state index in [2.05, 4.69) is 11.4 Å². The molecule has 1 aromatic heterocycles. The molecule has 0 radical (unpaired) electrons. The number of fused-ring (bicyclic) bond motifs is 1. The van der Waals surface area contributed by atoms with Crippen LogP contribution in [0.25, 0.3) is 0 Å². The number of nitrogens with one attached hydrogen (secondary N) is 1. The second kappa shape index (κ2) is 5.49. The first-order valence-electron chi connectivity index (χ1n) is 6.86. The standard InChI is InChI=1S/C16H19NO3/c1-18-12-8-11(9-13(10-12)19-2)17-15-4-3-5-16-14(15)6-7-20-16/h6-10,15,17H,3-5H2,1-2H3. The largest absolute Gasteiger partial charge is 0.497 e. The topological polar surface area (TPSA) is 43.6 Å². The van der Waals surface area contributed by atoms with Crippen molar-refractivity contribution in [3.8, 4) is 11.5 Å². The Morgan fingerprint density at radius 3 is 2.60 bits per heavy atom. The van der Waals surface area contributed by atoms with Gasteiger partial charge in [-0.2, -0.15) is 0 Å². The zero-order valence-electron chi connectivity index (χ0n) is 11.8. The van der Waals surface area contributed by atoms with E-state index in [9.17, 15) is 0 Å². The van der Waals surface area contributed by atoms with Gasteiger partial charge in [-0.1, -0.05) is 0 Å². The summed E-state index contributed by atoms with van der Waals surface area (Å²) in [4.78, 5) is 0. The van der Waals surface area contributed by atoms with Crippen LogP contribution in [0.4, 0.5) is 5.69 Å². The minimum Gasteiger partial charge on any atom is -0.497 e. The average molecular weight is 273 g/mol. The molecular formula is C16H19NO3. The summed E-state index contributed by atoms with van der Waals surface area (Å²) in [5.41, 5.74) is 2.26. The summed E-state index contributed by atoms with van der Waals surface area (Å²) in [5.74, 6) is 2.67. The highest BCUT2D eigenvalue weighted by molar-refractivity contribution is 5.55. The Morgan fingerprint density at radius 2 is 1.90 bits per heavy atom. The summed E-state index contributed by atoms with van der Waals surface area (Å²) in [5, 5.41) is 3.55. The molecule has 1 atom stereocenters. The Balaban J connectivity index is 1.85. The van der Waals surface area contributed by atoms with Gasteiger partial charge in [0, 0.05) is 35.9 Å². The van der Waals surface area contributed by atoms with Crippen molar-refractivity contribution in [1.82, 2.24) is 0 Å². The van der Waals surface area contributed by atoms with Crippen LogP contribution in [0.3, 0.4) is 0 Å². The Kier molecular flexibility index (Phi) is 3.54. The molecule has 1 unspecified atom stereocenters. The monoisotopic (exact) mass is 273 g/mol. The summed E-state index contributed by atoms with van der Waals surface area (Å²) in [6.45, 7) is 0. The Labute approximate surface area is 118 Å². The number of benzene rings is 1. The van der Waals surface area contributed by atoms with E-state index in [-0.39, 0.29) is 6.04 Å². The molecule has 1 aliphatic rings. The molecule has 0 spiro atoms. The average Bonchev–Trinajstić information content (AvgIpc) is 2.96. The van der Waals surface area contributed by atoms with Crippen molar-refractivity contribution in [1.29, 1.82) is 0 Å². The molecule has 1 aromatic carbocycles. The first kappa shape index (κ1) is 12.9. The van der Waals surface area contributed by atoms with Crippen LogP contribution < -0.4 is 14.8 Å². The van der Waals surface area contributed by atoms with Gasteiger partial charge in [0.25, 0.3) is 0 Å². The van der Waals surface area contributed by atoms with E-state index in [1.807, 2.05) is 18.2 Å². The van der Waals surface area contributed by atoms with Crippen molar-refractivity contribution in [3.05, 3.63) is 41.9 Å². The van der Waals surface area contributed by atoms with Crippen LogP contribution >= 0.6 is 0 Å². The Bertz CT molecular complexity index is 569. The molecule has 0 amide bonds. The van der Waals surface area contributed by atoms with Crippen molar-refractivity contribution < 1.29 is 13.9 Å². The molecule has 1 N–H and O–H groups in total. The normalized spacial score (nSPS) is 17.4. The maximum Gasteiger partial charge on any atom is 0.124 e. The van der Waals surface area contributed by atoms with Crippen molar-refractivity contribution in [2.45, 2.75) is 25.3 Å². The number of anilines is 1. The van der Waals surface area contributed by atoms with Crippen molar-refractivity contribution in [2.24, 2.45) is 0 Å². The van der Waals surface area contributed by atoms with Gasteiger partial charge in [0.1, 0.15) is 17.3 Å². The smallest absolute Gasteiger partial charge is 0.124 e. The maximum absolute atomic E-state index is 5.52. The molecule has 0 saturated heterocycles. The third-order valence-corrected chi connectivity index (χ3v) is 3.74. The minimum absolute atomic E-state index is 0.286. The van der Waals surface area contributed by atoms with Gasteiger partial charge >= 0.3 is 0 Å². The van der Waals surface area contributed by atoms with Crippen LogP contribution in [0.2, 0.25) is 0 Å². The molecule has 0 saturated carbocycles. The van der Waals surface area contributed by atoms with Crippen LogP contribution in [-0.2, 0) is 6.42 Å². The van der Waals surface area contributed by atoms with Crippen LogP contribution in [-0.4, -0.2) is 14.2 Å². The quantitative estimate of drug-likeness (QED) is 0.920. The van der Waals surface area contributed by atoms with Crippen molar-refractivity contribution in [3.63, 3.8) is 0 Å². The van der Waals surface area contributed by atoms with E-state index >= 15 is 0 Å². The molecule has 106 valence electrons. The van der Waals surface area contributed by atoms with Gasteiger partial charge in [0.15, 0.2) is 0 Å². The molecule has 4 nitrogen and oxygen atoms in total. The van der Waals surface area contributed by atoms with Gasteiger partial charge < -0.3 is 19.2 Å². The number of rotatable bonds is 4. The zero-order chi connectivity index (χ0) is 13.9. The molecule has 1 aliphatic carbocycles. The number of hydrogen-bond acceptors (Lipinski definition) is 4. The van der Waals surface area contributed by atoms with Gasteiger partial charge in [0.05, 0.1) is 26.5 Å². The van der Waals surface area contributed by atoms with Crippen molar-refractivity contribution in [2.75, 3.05) is 19.5 Å². The van der Waals surface area contributed by atoms with Gasteiger partial charge in [-0.3, -0.25) is 0 Å². The Hall–Kier alpha value is -2.10. The fraction of sp³-hybridized carbons (Fsp3) is 0.375. The lowest BCUT2D eigenvalue weighted by Crippen LogP contribution is -2.15. The number of methoxy groups -OCH3 is 2. The lowest BCUT2D eigenvalue weighted by Gasteiger charge is -2.24. The predicted molar refractivity (Wildman–Crippen MR) is 77.6 cm³/mol. The molecule has 3 rings (SSSR count). The molecule has 20 heavy (non-hydrogen) atoms. The molecular weight excluding hydrogens is 254 g/mol. The lowest BCUT2D eigenvalue weighted by molar-refractivity contribution is 0.394. The van der Waals surface area contributed by atoms with E-state index < -0.39 is 0 Å². The summed E-state index contributed by atoms with van der Waals surface area (Å²) in [6, 6.07) is 8.18. The SMILES string of the molecule is COc1cc(NC2CCCc3occc32)cc(OC)c1. The summed E-state index contributed by atoms with van der Waals surface area (Å²) in [7, 11) is 3.32. The van der Waals surface area contributed by atoms with E-state index in [0.717, 1.165) is 42.2 Å². The highest BCUT2D eigenvalue weighted by Gasteiger charge is 2.22. The molecule has 1 heterocycles. The molecule has 2 aromatic rings. The van der Waals surface area contributed by atoms with E-state index in [0.29, 0.717) is 0 Å². The third kappa shape index (κ3) is 2.46. The van der Waals surface area contributed by atoms with Crippen molar-refractivity contribution >= 4 is 5.69 Å². The van der Waals surface area contributed by atoms with E-state index in [4.69, 9.17) is 13.9 Å². The fourth-order valence-electron chi connectivity index (χ4n) is 2.73.